The minimum atomic E-state index is 0. The van der Waals surface area contributed by atoms with E-state index in [-0.39, 0.29) is 16.4 Å². The van der Waals surface area contributed by atoms with Gasteiger partial charge in [0.15, 0.2) is 0 Å². The summed E-state index contributed by atoms with van der Waals surface area (Å²) in [4.78, 5) is 0. The van der Waals surface area contributed by atoms with Crippen molar-refractivity contribution in [1.82, 2.24) is 0 Å². The third-order valence-corrected chi connectivity index (χ3v) is 0. The lowest BCUT2D eigenvalue weighted by Crippen LogP contribution is -1.07. The molecule has 1 nitrogen and oxygen atoms in total. The molecule has 4 radical (unpaired) electrons. The third-order valence-electron chi connectivity index (χ3n) is 0. The predicted octanol–water partition coefficient (Wildman–Crippen LogP) is -0.0132. The minimum absolute atomic E-state index is 0. The van der Waals surface area contributed by atoms with Gasteiger partial charge < -0.3 is 5.48 Å². The van der Waals surface area contributed by atoms with Crippen molar-refractivity contribution < 1.29 is 5.48 Å². The highest BCUT2D eigenvalue weighted by molar-refractivity contribution is 5.75. The Morgan fingerprint density at radius 2 is 1.60 bits per heavy atom. The molecule has 0 aromatic rings. The van der Waals surface area contributed by atoms with E-state index in [1.807, 2.05) is 6.92 Å². The number of hydrogen-bond donors (Lipinski definition) is 0. The Hall–Kier alpha value is -0.0831. The summed E-state index contributed by atoms with van der Waals surface area (Å²) in [5, 5.41) is 0. The van der Waals surface area contributed by atoms with E-state index in [1.54, 1.807) is 6.08 Å². The Kier molecular flexibility index (Phi) is 163. The summed E-state index contributed by atoms with van der Waals surface area (Å²) < 4.78 is 0. The summed E-state index contributed by atoms with van der Waals surface area (Å²) in [5.41, 5.74) is 0. The maximum Gasteiger partial charge on any atom is 0 e. The first-order valence-corrected chi connectivity index (χ1v) is 0.986. The van der Waals surface area contributed by atoms with E-state index in [1.165, 1.54) is 0 Å². The molecule has 0 saturated carbocycles. The molecule has 5 heavy (non-hydrogen) atoms. The lowest BCUT2D eigenvalue weighted by molar-refractivity contribution is 0.824. The molecule has 0 aliphatic carbocycles. The van der Waals surface area contributed by atoms with Gasteiger partial charge in [0, 0.05) is 11.0 Å². The molecule has 0 spiro atoms. The van der Waals surface area contributed by atoms with Gasteiger partial charge in [-0.15, -0.1) is 6.58 Å². The molecular formula is C3H8OSi. The molecule has 0 aromatic heterocycles. The van der Waals surface area contributed by atoms with Crippen molar-refractivity contribution >= 4 is 11.0 Å². The summed E-state index contributed by atoms with van der Waals surface area (Å²) in [6, 6.07) is 0. The lowest BCUT2D eigenvalue weighted by Gasteiger charge is -1.31. The zero-order valence-electron chi connectivity index (χ0n) is 3.28. The highest BCUT2D eigenvalue weighted by atomic mass is 28.1. The smallest absolute Gasteiger partial charge is 0 e. The molecule has 0 amide bonds. The average Bonchev–Trinajstić information content (AvgIpc) is 0.918. The molecule has 0 saturated heterocycles. The van der Waals surface area contributed by atoms with Crippen LogP contribution in [0.3, 0.4) is 0 Å². The van der Waals surface area contributed by atoms with Crippen LogP contribution < -0.4 is 0 Å². The molecule has 0 heterocycles. The lowest BCUT2D eigenvalue weighted by atomic mass is 10.8. The van der Waals surface area contributed by atoms with E-state index < -0.39 is 0 Å². The van der Waals surface area contributed by atoms with E-state index in [9.17, 15) is 0 Å². The number of allylic oxidation sites excluding steroid dienone is 1. The van der Waals surface area contributed by atoms with Crippen molar-refractivity contribution in [1.29, 1.82) is 0 Å². The molecule has 2 N–H and O–H groups in total. The average molecular weight is 88.2 g/mol. The van der Waals surface area contributed by atoms with Gasteiger partial charge in [0.25, 0.3) is 0 Å². The van der Waals surface area contributed by atoms with Crippen molar-refractivity contribution in [2.24, 2.45) is 0 Å². The van der Waals surface area contributed by atoms with Crippen LogP contribution in [0.4, 0.5) is 0 Å². The first-order valence-electron chi connectivity index (χ1n) is 0.986. The zero-order chi connectivity index (χ0) is 2.71. The Morgan fingerprint density at radius 3 is 1.60 bits per heavy atom. The third kappa shape index (κ3) is 2080. The van der Waals surface area contributed by atoms with Crippen molar-refractivity contribution in [3.8, 4) is 0 Å². The van der Waals surface area contributed by atoms with Crippen LogP contribution in [-0.2, 0) is 0 Å². The SMILES string of the molecule is C=CC.O.[Si]. The van der Waals surface area contributed by atoms with Crippen molar-refractivity contribution in [3.05, 3.63) is 12.7 Å². The second kappa shape index (κ2) is 39.6. The van der Waals surface area contributed by atoms with Crippen LogP contribution in [0.2, 0.25) is 0 Å². The number of hydrogen-bond acceptors (Lipinski definition) is 0. The van der Waals surface area contributed by atoms with Crippen LogP contribution >= 0.6 is 0 Å². The normalized spacial score (nSPS) is 2.60. The van der Waals surface area contributed by atoms with E-state index in [4.69, 9.17) is 0 Å². The van der Waals surface area contributed by atoms with Gasteiger partial charge in [-0.1, -0.05) is 6.08 Å². The quantitative estimate of drug-likeness (QED) is 0.294. The maximum absolute atomic E-state index is 3.36. The molecule has 0 aromatic carbocycles. The second-order valence-corrected chi connectivity index (χ2v) is 0.408. The Balaban J connectivity index is -0.0000000200. The topological polar surface area (TPSA) is 31.5 Å². The fourth-order valence-corrected chi connectivity index (χ4v) is 0. The highest BCUT2D eigenvalue weighted by Crippen LogP contribution is 1.38. The van der Waals surface area contributed by atoms with Crippen LogP contribution in [0.5, 0.6) is 0 Å². The van der Waals surface area contributed by atoms with Crippen LogP contribution in [0, 0.1) is 0 Å². The molecule has 0 unspecified atom stereocenters. The summed E-state index contributed by atoms with van der Waals surface area (Å²) in [6.07, 6.45) is 1.75. The fourth-order valence-electron chi connectivity index (χ4n) is 0. The molecule has 0 aliphatic rings. The summed E-state index contributed by atoms with van der Waals surface area (Å²) >= 11 is 0. The van der Waals surface area contributed by atoms with Gasteiger partial charge in [0.2, 0.25) is 0 Å². The van der Waals surface area contributed by atoms with Crippen molar-refractivity contribution in [2.45, 2.75) is 6.92 Å². The van der Waals surface area contributed by atoms with Crippen LogP contribution in [-0.4, -0.2) is 16.4 Å². The molecule has 0 atom stereocenters. The van der Waals surface area contributed by atoms with Crippen molar-refractivity contribution in [2.75, 3.05) is 0 Å². The van der Waals surface area contributed by atoms with Gasteiger partial charge in [0.05, 0.1) is 0 Å². The zero-order valence-corrected chi connectivity index (χ0v) is 4.28. The summed E-state index contributed by atoms with van der Waals surface area (Å²) in [5.74, 6) is 0. The van der Waals surface area contributed by atoms with E-state index in [2.05, 4.69) is 6.58 Å². The van der Waals surface area contributed by atoms with Gasteiger partial charge in [-0.05, 0) is 6.92 Å². The number of rotatable bonds is 0. The Labute approximate surface area is 37.0 Å². The molecule has 2 heteroatoms. The van der Waals surface area contributed by atoms with Gasteiger partial charge in [-0.2, -0.15) is 0 Å². The van der Waals surface area contributed by atoms with Crippen LogP contribution in [0.25, 0.3) is 0 Å². The first-order chi connectivity index (χ1) is 1.41. The van der Waals surface area contributed by atoms with Crippen LogP contribution in [0.1, 0.15) is 6.92 Å². The standard InChI is InChI=1S/C3H6.H2O.Si/c1-3-2;;/h3H,1H2,2H3;1H2;. The predicted molar refractivity (Wildman–Crippen MR) is 25.2 cm³/mol. The molecular weight excluding hydrogens is 80.1 g/mol. The van der Waals surface area contributed by atoms with E-state index in [0.717, 1.165) is 0 Å². The Bertz CT molecular complexity index is 14.4. The van der Waals surface area contributed by atoms with Gasteiger partial charge in [0.1, 0.15) is 0 Å². The van der Waals surface area contributed by atoms with Crippen molar-refractivity contribution in [3.63, 3.8) is 0 Å². The first kappa shape index (κ1) is 20.5. The van der Waals surface area contributed by atoms with Crippen LogP contribution in [0.15, 0.2) is 12.7 Å². The maximum atomic E-state index is 3.36. The summed E-state index contributed by atoms with van der Waals surface area (Å²) in [6.45, 7) is 5.25. The van der Waals surface area contributed by atoms with Gasteiger partial charge in [-0.25, -0.2) is 0 Å². The fraction of sp³-hybridized carbons (Fsp3) is 0.333. The largest absolute Gasteiger partial charge is 0.412 e. The van der Waals surface area contributed by atoms with E-state index >= 15 is 0 Å². The monoisotopic (exact) mass is 88.0 g/mol. The molecule has 30 valence electrons. The molecule has 0 bridgehead atoms. The second-order valence-electron chi connectivity index (χ2n) is 0.408. The minimum Gasteiger partial charge on any atom is -0.412 e. The molecule has 0 aliphatic heterocycles. The molecule has 0 rings (SSSR count). The highest BCUT2D eigenvalue weighted by Gasteiger charge is 1.15. The Morgan fingerprint density at radius 1 is 1.60 bits per heavy atom. The van der Waals surface area contributed by atoms with Gasteiger partial charge in [-0.3, -0.25) is 0 Å². The van der Waals surface area contributed by atoms with E-state index in [0.29, 0.717) is 0 Å². The molecule has 0 fully saturated rings. The summed E-state index contributed by atoms with van der Waals surface area (Å²) in [7, 11) is 0. The van der Waals surface area contributed by atoms with Gasteiger partial charge >= 0.3 is 0 Å².